The van der Waals surface area contributed by atoms with E-state index in [9.17, 15) is 14.5 Å². The summed E-state index contributed by atoms with van der Waals surface area (Å²) in [6, 6.07) is 2.49. The SMILES string of the molecule is Cc1cc(NCCC2=CCCCC2)c([N+](=O)[O-])cc1F. The molecular formula is C15H19FN2O2. The molecular weight excluding hydrogens is 259 g/mol. The first kappa shape index (κ1) is 14.5. The fraction of sp³-hybridized carbons (Fsp3) is 0.467. The summed E-state index contributed by atoms with van der Waals surface area (Å²) in [5.74, 6) is -0.544. The second-order valence-electron chi connectivity index (χ2n) is 5.16. The zero-order valence-electron chi connectivity index (χ0n) is 11.6. The smallest absolute Gasteiger partial charge is 0.295 e. The van der Waals surface area contributed by atoms with Crippen molar-refractivity contribution in [2.75, 3.05) is 11.9 Å². The summed E-state index contributed by atoms with van der Waals surface area (Å²) in [4.78, 5) is 10.4. The average molecular weight is 278 g/mol. The van der Waals surface area contributed by atoms with Gasteiger partial charge in [-0.1, -0.05) is 11.6 Å². The van der Waals surface area contributed by atoms with Crippen LogP contribution in [-0.2, 0) is 0 Å². The lowest BCUT2D eigenvalue weighted by Crippen LogP contribution is -2.07. The summed E-state index contributed by atoms with van der Waals surface area (Å²) in [6.07, 6.45) is 7.86. The highest BCUT2D eigenvalue weighted by molar-refractivity contribution is 5.63. The van der Waals surface area contributed by atoms with Crippen molar-refractivity contribution in [1.82, 2.24) is 0 Å². The minimum Gasteiger partial charge on any atom is -0.379 e. The highest BCUT2D eigenvalue weighted by atomic mass is 19.1. The number of benzene rings is 1. The minimum atomic E-state index is -0.551. The largest absolute Gasteiger partial charge is 0.379 e. The van der Waals surface area contributed by atoms with Crippen LogP contribution < -0.4 is 5.32 Å². The second-order valence-corrected chi connectivity index (χ2v) is 5.16. The second kappa shape index (κ2) is 6.50. The minimum absolute atomic E-state index is 0.203. The molecule has 1 aromatic rings. The van der Waals surface area contributed by atoms with Gasteiger partial charge < -0.3 is 5.32 Å². The molecule has 1 aromatic carbocycles. The number of hydrogen-bond donors (Lipinski definition) is 1. The fourth-order valence-corrected chi connectivity index (χ4v) is 2.45. The lowest BCUT2D eigenvalue weighted by atomic mass is 9.97. The molecule has 0 amide bonds. The monoisotopic (exact) mass is 278 g/mol. The molecule has 0 radical (unpaired) electrons. The lowest BCUT2D eigenvalue weighted by Gasteiger charge is -2.14. The number of nitrogens with zero attached hydrogens (tertiary/aromatic N) is 1. The van der Waals surface area contributed by atoms with Crippen LogP contribution in [0.25, 0.3) is 0 Å². The number of rotatable bonds is 5. The molecule has 0 atom stereocenters. The van der Waals surface area contributed by atoms with Gasteiger partial charge in [-0.05, 0) is 50.7 Å². The van der Waals surface area contributed by atoms with Crippen LogP contribution in [-0.4, -0.2) is 11.5 Å². The van der Waals surface area contributed by atoms with Crippen LogP contribution in [0.15, 0.2) is 23.8 Å². The van der Waals surface area contributed by atoms with Crippen molar-refractivity contribution in [2.45, 2.75) is 39.0 Å². The van der Waals surface area contributed by atoms with Crippen LogP contribution in [0.4, 0.5) is 15.8 Å². The molecule has 0 aromatic heterocycles. The fourth-order valence-electron chi connectivity index (χ4n) is 2.45. The summed E-state index contributed by atoms with van der Waals surface area (Å²) < 4.78 is 13.4. The van der Waals surface area contributed by atoms with Gasteiger partial charge in [-0.25, -0.2) is 4.39 Å². The van der Waals surface area contributed by atoms with Crippen molar-refractivity contribution in [3.63, 3.8) is 0 Å². The van der Waals surface area contributed by atoms with Crippen molar-refractivity contribution in [1.29, 1.82) is 0 Å². The summed E-state index contributed by atoms with van der Waals surface area (Å²) >= 11 is 0. The Morgan fingerprint density at radius 3 is 2.85 bits per heavy atom. The van der Waals surface area contributed by atoms with Crippen molar-refractivity contribution < 1.29 is 9.31 Å². The van der Waals surface area contributed by atoms with Crippen molar-refractivity contribution in [3.8, 4) is 0 Å². The Morgan fingerprint density at radius 2 is 2.20 bits per heavy atom. The summed E-state index contributed by atoms with van der Waals surface area (Å²) in [5.41, 5.74) is 2.01. The summed E-state index contributed by atoms with van der Waals surface area (Å²) in [7, 11) is 0. The third-order valence-electron chi connectivity index (χ3n) is 3.62. The van der Waals surface area contributed by atoms with Crippen LogP contribution in [0.5, 0.6) is 0 Å². The molecule has 5 heteroatoms. The number of allylic oxidation sites excluding steroid dienone is 1. The number of halogens is 1. The molecule has 1 aliphatic rings. The molecule has 0 saturated carbocycles. The van der Waals surface area contributed by atoms with Crippen LogP contribution in [0.3, 0.4) is 0 Å². The third-order valence-corrected chi connectivity index (χ3v) is 3.62. The molecule has 0 saturated heterocycles. The first-order chi connectivity index (χ1) is 9.58. The van der Waals surface area contributed by atoms with E-state index in [1.165, 1.54) is 24.5 Å². The Morgan fingerprint density at radius 1 is 1.40 bits per heavy atom. The molecule has 4 nitrogen and oxygen atoms in total. The van der Waals surface area contributed by atoms with E-state index < -0.39 is 10.7 Å². The van der Waals surface area contributed by atoms with Gasteiger partial charge >= 0.3 is 0 Å². The average Bonchev–Trinajstić information content (AvgIpc) is 2.43. The van der Waals surface area contributed by atoms with Gasteiger partial charge in [-0.2, -0.15) is 0 Å². The number of nitro groups is 1. The molecule has 0 spiro atoms. The predicted molar refractivity (Wildman–Crippen MR) is 77.4 cm³/mol. The Labute approximate surface area is 117 Å². The maximum Gasteiger partial charge on any atom is 0.295 e. The van der Waals surface area contributed by atoms with E-state index in [0.29, 0.717) is 17.8 Å². The van der Waals surface area contributed by atoms with Gasteiger partial charge in [0.1, 0.15) is 11.5 Å². The van der Waals surface area contributed by atoms with Crippen LogP contribution >= 0.6 is 0 Å². The van der Waals surface area contributed by atoms with E-state index in [0.717, 1.165) is 25.3 Å². The van der Waals surface area contributed by atoms with Crippen molar-refractivity contribution in [3.05, 3.63) is 45.3 Å². The third kappa shape index (κ3) is 3.56. The van der Waals surface area contributed by atoms with Gasteiger partial charge in [0, 0.05) is 6.54 Å². The summed E-state index contributed by atoms with van der Waals surface area (Å²) in [5, 5.41) is 14.0. The topological polar surface area (TPSA) is 55.2 Å². The van der Waals surface area contributed by atoms with E-state index in [4.69, 9.17) is 0 Å². The van der Waals surface area contributed by atoms with Gasteiger partial charge in [0.15, 0.2) is 0 Å². The zero-order valence-corrected chi connectivity index (χ0v) is 11.6. The van der Waals surface area contributed by atoms with Crippen LogP contribution in [0, 0.1) is 22.9 Å². The van der Waals surface area contributed by atoms with Gasteiger partial charge in [0.25, 0.3) is 5.69 Å². The van der Waals surface area contributed by atoms with Gasteiger partial charge in [-0.15, -0.1) is 0 Å². The normalized spacial score (nSPS) is 14.8. The first-order valence-electron chi connectivity index (χ1n) is 6.94. The Hall–Kier alpha value is -1.91. The predicted octanol–water partition coefficient (Wildman–Crippen LogP) is 4.34. The highest BCUT2D eigenvalue weighted by Crippen LogP contribution is 2.28. The Kier molecular flexibility index (Phi) is 4.71. The number of anilines is 1. The van der Waals surface area contributed by atoms with E-state index in [1.54, 1.807) is 6.92 Å². The molecule has 1 aliphatic carbocycles. The number of hydrogen-bond acceptors (Lipinski definition) is 3. The zero-order chi connectivity index (χ0) is 14.5. The van der Waals surface area contributed by atoms with Crippen LogP contribution in [0.2, 0.25) is 0 Å². The highest BCUT2D eigenvalue weighted by Gasteiger charge is 2.16. The quantitative estimate of drug-likeness (QED) is 0.495. The number of nitrogens with one attached hydrogen (secondary N) is 1. The molecule has 0 heterocycles. The lowest BCUT2D eigenvalue weighted by molar-refractivity contribution is -0.384. The van der Waals surface area contributed by atoms with E-state index >= 15 is 0 Å². The number of aryl methyl sites for hydroxylation is 1. The van der Waals surface area contributed by atoms with Crippen LogP contribution in [0.1, 0.15) is 37.7 Å². The molecule has 20 heavy (non-hydrogen) atoms. The maximum absolute atomic E-state index is 13.4. The standard InChI is InChI=1S/C15H19FN2O2/c1-11-9-14(15(18(19)20)10-13(11)16)17-8-7-12-5-3-2-4-6-12/h5,9-10,17H,2-4,6-8H2,1H3. The van der Waals surface area contributed by atoms with Gasteiger partial charge in [0.05, 0.1) is 11.0 Å². The number of nitro benzene ring substituents is 1. The summed E-state index contributed by atoms with van der Waals surface area (Å²) in [6.45, 7) is 2.24. The Balaban J connectivity index is 2.03. The molecule has 0 bridgehead atoms. The van der Waals surface area contributed by atoms with E-state index in [1.807, 2.05) is 0 Å². The molecule has 1 N–H and O–H groups in total. The molecule has 108 valence electrons. The van der Waals surface area contributed by atoms with Gasteiger partial charge in [-0.3, -0.25) is 10.1 Å². The molecule has 0 aliphatic heterocycles. The molecule has 2 rings (SSSR count). The van der Waals surface area contributed by atoms with E-state index in [-0.39, 0.29) is 5.69 Å². The first-order valence-corrected chi connectivity index (χ1v) is 6.94. The van der Waals surface area contributed by atoms with Gasteiger partial charge in [0.2, 0.25) is 0 Å². The van der Waals surface area contributed by atoms with Crippen molar-refractivity contribution >= 4 is 11.4 Å². The van der Waals surface area contributed by atoms with Crippen molar-refractivity contribution in [2.24, 2.45) is 0 Å². The maximum atomic E-state index is 13.4. The molecule has 0 fully saturated rings. The Bertz CT molecular complexity index is 541. The van der Waals surface area contributed by atoms with E-state index in [2.05, 4.69) is 11.4 Å². The molecule has 0 unspecified atom stereocenters.